The Labute approximate surface area is 83.1 Å². The number of hydrogen-bond acceptors (Lipinski definition) is 6. The molecule has 0 heterocycles. The maximum Gasteiger partial charge on any atom is 0.335 e. The average Bonchev–Trinajstić information content (AvgIpc) is 2.12. The summed E-state index contributed by atoms with van der Waals surface area (Å²) in [6.07, 6.45) is -9.28. The predicted octanol–water partition coefficient (Wildman–Crippen LogP) is -4.23. The van der Waals surface area contributed by atoms with E-state index in [1.165, 1.54) is 0 Å². The van der Waals surface area contributed by atoms with Crippen molar-refractivity contribution in [3.05, 3.63) is 0 Å². The minimum atomic E-state index is -2.36. The topological polar surface area (TPSA) is 187 Å². The molecule has 0 spiro atoms. The summed E-state index contributed by atoms with van der Waals surface area (Å²) in [4.78, 5) is 20.2. The molecule has 4 unspecified atom stereocenters. The molecule has 0 bridgehead atoms. The minimum absolute atomic E-state index is 0. The molecule has 0 aromatic heterocycles. The summed E-state index contributed by atoms with van der Waals surface area (Å²) >= 11 is 0. The number of carbonyl (C=O) groups is 2. The first-order valence-electron chi connectivity index (χ1n) is 3.47. The second kappa shape index (κ2) is 6.27. The van der Waals surface area contributed by atoms with Gasteiger partial charge in [0.25, 0.3) is 0 Å². The largest absolute Gasteiger partial charge is 0.479 e. The van der Waals surface area contributed by atoms with Crippen LogP contribution in [0.1, 0.15) is 0 Å². The summed E-state index contributed by atoms with van der Waals surface area (Å²) in [5, 5.41) is 51.5. The smallest absolute Gasteiger partial charge is 0.335 e. The van der Waals surface area contributed by atoms with E-state index in [-0.39, 0.29) is 5.48 Å². The van der Waals surface area contributed by atoms with Gasteiger partial charge in [-0.2, -0.15) is 0 Å². The number of aliphatic carboxylic acids is 2. The van der Waals surface area contributed by atoms with Crippen molar-refractivity contribution in [3.63, 3.8) is 0 Å². The van der Waals surface area contributed by atoms with E-state index in [4.69, 9.17) is 30.6 Å². The van der Waals surface area contributed by atoms with Crippen LogP contribution in [0, 0.1) is 0 Å². The summed E-state index contributed by atoms with van der Waals surface area (Å²) in [5.41, 5.74) is 0. The lowest BCUT2D eigenvalue weighted by atomic mass is 10.0. The van der Waals surface area contributed by atoms with E-state index < -0.39 is 36.4 Å². The molecule has 8 N–H and O–H groups in total. The van der Waals surface area contributed by atoms with E-state index >= 15 is 0 Å². The van der Waals surface area contributed by atoms with Crippen LogP contribution in [0.5, 0.6) is 0 Å². The highest BCUT2D eigenvalue weighted by molar-refractivity contribution is 5.75. The van der Waals surface area contributed by atoms with E-state index in [9.17, 15) is 9.59 Å². The van der Waals surface area contributed by atoms with Crippen molar-refractivity contribution in [2.75, 3.05) is 0 Å². The second-order valence-corrected chi connectivity index (χ2v) is 2.55. The third-order valence-electron chi connectivity index (χ3n) is 1.50. The van der Waals surface area contributed by atoms with Crippen molar-refractivity contribution in [2.24, 2.45) is 0 Å². The molecular formula is C6H12O9. The third-order valence-corrected chi connectivity index (χ3v) is 1.50. The zero-order valence-corrected chi connectivity index (χ0v) is 7.31. The van der Waals surface area contributed by atoms with Crippen LogP contribution in [0.3, 0.4) is 0 Å². The summed E-state index contributed by atoms with van der Waals surface area (Å²) in [6.45, 7) is 0. The van der Waals surface area contributed by atoms with Crippen LogP contribution in [0.15, 0.2) is 0 Å². The molecule has 0 aliphatic rings. The summed E-state index contributed by atoms with van der Waals surface area (Å²) in [5.74, 6) is -3.68. The van der Waals surface area contributed by atoms with Gasteiger partial charge in [-0.05, 0) is 0 Å². The van der Waals surface area contributed by atoms with E-state index in [2.05, 4.69) is 0 Å². The first kappa shape index (κ1) is 16.2. The molecule has 15 heavy (non-hydrogen) atoms. The van der Waals surface area contributed by atoms with Gasteiger partial charge in [0.2, 0.25) is 0 Å². The third kappa shape index (κ3) is 4.18. The second-order valence-electron chi connectivity index (χ2n) is 2.55. The first-order valence-corrected chi connectivity index (χ1v) is 3.47. The number of aliphatic hydroxyl groups excluding tert-OH is 4. The van der Waals surface area contributed by atoms with Crippen LogP contribution in [0.4, 0.5) is 0 Å². The minimum Gasteiger partial charge on any atom is -0.479 e. The monoisotopic (exact) mass is 228 g/mol. The highest BCUT2D eigenvalue weighted by Gasteiger charge is 2.37. The van der Waals surface area contributed by atoms with Crippen molar-refractivity contribution in [2.45, 2.75) is 24.4 Å². The van der Waals surface area contributed by atoms with E-state index in [0.717, 1.165) is 0 Å². The molecule has 0 aliphatic heterocycles. The maximum atomic E-state index is 10.1. The quantitative estimate of drug-likeness (QED) is 0.273. The van der Waals surface area contributed by atoms with Gasteiger partial charge < -0.3 is 36.1 Å². The Morgan fingerprint density at radius 1 is 0.733 bits per heavy atom. The number of carboxylic acids is 2. The molecular weight excluding hydrogens is 216 g/mol. The molecule has 0 fully saturated rings. The molecule has 9 nitrogen and oxygen atoms in total. The molecule has 4 atom stereocenters. The molecule has 0 saturated heterocycles. The highest BCUT2D eigenvalue weighted by atomic mass is 16.4. The van der Waals surface area contributed by atoms with Crippen LogP contribution in [-0.4, -0.2) is 72.5 Å². The summed E-state index contributed by atoms with van der Waals surface area (Å²) in [7, 11) is 0. The van der Waals surface area contributed by atoms with Gasteiger partial charge in [0.05, 0.1) is 0 Å². The van der Waals surface area contributed by atoms with Crippen molar-refractivity contribution < 1.29 is 45.7 Å². The van der Waals surface area contributed by atoms with Crippen LogP contribution in [0.2, 0.25) is 0 Å². The van der Waals surface area contributed by atoms with Crippen LogP contribution < -0.4 is 0 Å². The fourth-order valence-electron chi connectivity index (χ4n) is 0.666. The van der Waals surface area contributed by atoms with Gasteiger partial charge >= 0.3 is 11.9 Å². The first-order chi connectivity index (χ1) is 6.29. The Morgan fingerprint density at radius 3 is 1.07 bits per heavy atom. The number of aliphatic hydroxyl groups is 4. The van der Waals surface area contributed by atoms with Gasteiger partial charge in [0.15, 0.2) is 12.2 Å². The van der Waals surface area contributed by atoms with Crippen molar-refractivity contribution in [1.82, 2.24) is 0 Å². The lowest BCUT2D eigenvalue weighted by Gasteiger charge is -2.21. The molecule has 0 amide bonds. The van der Waals surface area contributed by atoms with E-state index in [1.807, 2.05) is 0 Å². The zero-order chi connectivity index (χ0) is 11.5. The highest BCUT2D eigenvalue weighted by Crippen LogP contribution is 2.05. The molecule has 0 aromatic carbocycles. The van der Waals surface area contributed by atoms with Gasteiger partial charge in [0.1, 0.15) is 12.2 Å². The molecule has 0 aliphatic carbocycles. The van der Waals surface area contributed by atoms with Crippen LogP contribution >= 0.6 is 0 Å². The normalized spacial score (nSPS) is 18.1. The van der Waals surface area contributed by atoms with Crippen LogP contribution in [-0.2, 0) is 9.59 Å². The molecule has 9 heteroatoms. The van der Waals surface area contributed by atoms with Crippen molar-refractivity contribution in [1.29, 1.82) is 0 Å². The maximum absolute atomic E-state index is 10.1. The predicted molar refractivity (Wildman–Crippen MR) is 42.9 cm³/mol. The van der Waals surface area contributed by atoms with Crippen LogP contribution in [0.25, 0.3) is 0 Å². The number of rotatable bonds is 5. The Bertz CT molecular complexity index is 203. The van der Waals surface area contributed by atoms with Gasteiger partial charge in [-0.25, -0.2) is 9.59 Å². The average molecular weight is 228 g/mol. The number of carboxylic acid groups (broad SMARTS) is 2. The molecule has 0 radical (unpaired) electrons. The Kier molecular flexibility index (Phi) is 6.76. The Morgan fingerprint density at radius 2 is 0.933 bits per heavy atom. The molecule has 0 aromatic rings. The van der Waals surface area contributed by atoms with Gasteiger partial charge in [-0.3, -0.25) is 0 Å². The van der Waals surface area contributed by atoms with Gasteiger partial charge in [0, 0.05) is 0 Å². The van der Waals surface area contributed by atoms with E-state index in [1.54, 1.807) is 0 Å². The fourth-order valence-corrected chi connectivity index (χ4v) is 0.666. The fraction of sp³-hybridized carbons (Fsp3) is 0.667. The standard InChI is InChI=1S/C6H10O8.H2O/c7-1(3(9)5(11)12)2(8)4(10)6(13)14;/h1-4,7-10H,(H,11,12)(H,13,14);1H2. The summed E-state index contributed by atoms with van der Waals surface area (Å²) < 4.78 is 0. The zero-order valence-electron chi connectivity index (χ0n) is 7.31. The molecule has 90 valence electrons. The Hall–Kier alpha value is -1.26. The van der Waals surface area contributed by atoms with E-state index in [0.29, 0.717) is 0 Å². The lowest BCUT2D eigenvalue weighted by Crippen LogP contribution is -2.49. The van der Waals surface area contributed by atoms with Crippen molar-refractivity contribution in [3.8, 4) is 0 Å². The Balaban J connectivity index is 0. The number of hydrogen-bond donors (Lipinski definition) is 6. The SMILES string of the molecule is O.O=C(O)C(O)C(O)C(O)C(O)C(=O)O. The van der Waals surface area contributed by atoms with Crippen molar-refractivity contribution >= 4 is 11.9 Å². The molecule has 0 saturated carbocycles. The molecule has 0 rings (SSSR count). The van der Waals surface area contributed by atoms with Gasteiger partial charge in [-0.15, -0.1) is 0 Å². The lowest BCUT2D eigenvalue weighted by molar-refractivity contribution is -0.172. The van der Waals surface area contributed by atoms with Gasteiger partial charge in [-0.1, -0.05) is 0 Å². The summed E-state index contributed by atoms with van der Waals surface area (Å²) in [6, 6.07) is 0.